The van der Waals surface area contributed by atoms with Gasteiger partial charge in [-0.15, -0.1) is 0 Å². The van der Waals surface area contributed by atoms with E-state index in [-0.39, 0.29) is 18.1 Å². The van der Waals surface area contributed by atoms with E-state index < -0.39 is 34.1 Å². The van der Waals surface area contributed by atoms with Gasteiger partial charge < -0.3 is 39.3 Å². The zero-order valence-electron chi connectivity index (χ0n) is 29.0. The highest BCUT2D eigenvalue weighted by atomic mass is 16.6. The first-order valence-electron chi connectivity index (χ1n) is 15.5. The van der Waals surface area contributed by atoms with Crippen LogP contribution < -0.4 is 10.1 Å². The van der Waals surface area contributed by atoms with Crippen molar-refractivity contribution in [2.45, 2.75) is 92.3 Å². The number of likely N-dealkylation sites (tertiary alicyclic amines) is 2. The van der Waals surface area contributed by atoms with Crippen LogP contribution in [0.25, 0.3) is 0 Å². The number of benzene rings is 1. The van der Waals surface area contributed by atoms with E-state index in [1.165, 1.54) is 4.90 Å². The Morgan fingerprint density at radius 1 is 0.783 bits per heavy atom. The molecular formula is C33H52N4O9. The zero-order valence-corrected chi connectivity index (χ0v) is 29.0. The first-order valence-corrected chi connectivity index (χ1v) is 15.5. The summed E-state index contributed by atoms with van der Waals surface area (Å²) in [5, 5.41) is 12.0. The minimum absolute atomic E-state index is 0.127. The van der Waals surface area contributed by atoms with Crippen molar-refractivity contribution < 1.29 is 43.3 Å². The summed E-state index contributed by atoms with van der Waals surface area (Å²) in [5.74, 6) is -0.565. The summed E-state index contributed by atoms with van der Waals surface area (Å²) < 4.78 is 15.9. The Balaban J connectivity index is 0.000000368. The molecule has 2 aliphatic rings. The number of rotatable bonds is 4. The van der Waals surface area contributed by atoms with E-state index in [2.05, 4.69) is 5.32 Å². The van der Waals surface area contributed by atoms with Crippen LogP contribution in [-0.4, -0.2) is 101 Å². The Kier molecular flexibility index (Phi) is 12.5. The summed E-state index contributed by atoms with van der Waals surface area (Å²) in [6.45, 7) is 16.4. The lowest BCUT2D eigenvalue weighted by Crippen LogP contribution is -2.48. The molecule has 258 valence electrons. The summed E-state index contributed by atoms with van der Waals surface area (Å²) in [4.78, 5) is 64.1. The second kappa shape index (κ2) is 15.0. The van der Waals surface area contributed by atoms with Gasteiger partial charge in [0.25, 0.3) is 0 Å². The number of ether oxygens (including phenoxy) is 3. The SMILES string of the molecule is CC(C)(C)OC(=O)N1CCC(C)(C(=O)O)CC1.CN(C)C(=O)Oc1cccc(NC(=O)C2(C)CCN(C(=O)OC(C)(C)C)CC2)c1. The third-order valence-electron chi connectivity index (χ3n) is 7.76. The molecule has 2 heterocycles. The number of hydrogen-bond donors (Lipinski definition) is 2. The summed E-state index contributed by atoms with van der Waals surface area (Å²) in [7, 11) is 3.19. The third-order valence-corrected chi connectivity index (χ3v) is 7.76. The molecule has 1 aromatic carbocycles. The van der Waals surface area contributed by atoms with Crippen LogP contribution in [0, 0.1) is 10.8 Å². The number of carboxylic acids is 1. The molecule has 0 bridgehead atoms. The largest absolute Gasteiger partial charge is 0.481 e. The van der Waals surface area contributed by atoms with Gasteiger partial charge in [-0.05, 0) is 86.3 Å². The first-order chi connectivity index (χ1) is 21.0. The fourth-order valence-corrected chi connectivity index (χ4v) is 4.57. The molecule has 46 heavy (non-hydrogen) atoms. The quantitative estimate of drug-likeness (QED) is 0.410. The Hall–Kier alpha value is -4.03. The molecule has 4 amide bonds. The molecule has 13 heteroatoms. The lowest BCUT2D eigenvalue weighted by molar-refractivity contribution is -0.150. The van der Waals surface area contributed by atoms with Crippen LogP contribution in [0.5, 0.6) is 5.75 Å². The summed E-state index contributed by atoms with van der Waals surface area (Å²) in [6, 6.07) is 6.71. The number of hydrogen-bond acceptors (Lipinski definition) is 8. The number of carbonyl (C=O) groups is 5. The Bertz CT molecular complexity index is 1250. The molecule has 0 unspecified atom stereocenters. The Labute approximate surface area is 272 Å². The van der Waals surface area contributed by atoms with Crippen LogP contribution >= 0.6 is 0 Å². The van der Waals surface area contributed by atoms with Crippen molar-refractivity contribution in [2.75, 3.05) is 45.6 Å². The third kappa shape index (κ3) is 11.7. The van der Waals surface area contributed by atoms with Gasteiger partial charge in [0.05, 0.1) is 10.8 Å². The van der Waals surface area contributed by atoms with Crippen LogP contribution in [0.4, 0.5) is 20.1 Å². The molecule has 0 aliphatic carbocycles. The maximum absolute atomic E-state index is 12.9. The van der Waals surface area contributed by atoms with Gasteiger partial charge in [-0.2, -0.15) is 0 Å². The molecule has 0 atom stereocenters. The highest BCUT2D eigenvalue weighted by Crippen LogP contribution is 2.34. The van der Waals surface area contributed by atoms with Crippen molar-refractivity contribution in [3.63, 3.8) is 0 Å². The maximum Gasteiger partial charge on any atom is 0.414 e. The minimum atomic E-state index is -0.790. The molecule has 13 nitrogen and oxygen atoms in total. The fourth-order valence-electron chi connectivity index (χ4n) is 4.57. The minimum Gasteiger partial charge on any atom is -0.481 e. The average molecular weight is 649 g/mol. The van der Waals surface area contributed by atoms with Gasteiger partial charge in [-0.3, -0.25) is 9.59 Å². The molecule has 1 aromatic rings. The average Bonchev–Trinajstić information content (AvgIpc) is 2.92. The molecule has 0 saturated carbocycles. The number of carbonyl (C=O) groups excluding carboxylic acids is 4. The molecule has 0 radical (unpaired) electrons. The normalized spacial score (nSPS) is 17.4. The van der Waals surface area contributed by atoms with Crippen LogP contribution in [0.3, 0.4) is 0 Å². The van der Waals surface area contributed by atoms with E-state index >= 15 is 0 Å². The smallest absolute Gasteiger partial charge is 0.414 e. The second-order valence-electron chi connectivity index (χ2n) is 14.6. The van der Waals surface area contributed by atoms with Crippen LogP contribution in [-0.2, 0) is 19.1 Å². The van der Waals surface area contributed by atoms with Crippen molar-refractivity contribution in [2.24, 2.45) is 10.8 Å². The van der Waals surface area contributed by atoms with Crippen molar-refractivity contribution in [1.29, 1.82) is 0 Å². The van der Waals surface area contributed by atoms with E-state index in [0.29, 0.717) is 63.3 Å². The first kappa shape index (κ1) is 38.2. The molecule has 2 saturated heterocycles. The predicted molar refractivity (Wildman–Crippen MR) is 173 cm³/mol. The van der Waals surface area contributed by atoms with Gasteiger partial charge in [0, 0.05) is 52.0 Å². The van der Waals surface area contributed by atoms with E-state index in [4.69, 9.17) is 19.3 Å². The number of aliphatic carboxylic acids is 1. The topological polar surface area (TPSA) is 155 Å². The molecule has 2 N–H and O–H groups in total. The number of nitrogens with one attached hydrogen (secondary N) is 1. The van der Waals surface area contributed by atoms with Gasteiger partial charge in [0.2, 0.25) is 5.91 Å². The zero-order chi connectivity index (χ0) is 35.1. The fraction of sp³-hybridized carbons (Fsp3) is 0.667. The highest BCUT2D eigenvalue weighted by molar-refractivity contribution is 5.95. The van der Waals surface area contributed by atoms with Crippen LogP contribution in [0.2, 0.25) is 0 Å². The van der Waals surface area contributed by atoms with E-state index in [1.807, 2.05) is 48.5 Å². The van der Waals surface area contributed by atoms with E-state index in [1.54, 1.807) is 55.1 Å². The predicted octanol–water partition coefficient (Wildman–Crippen LogP) is 5.83. The Morgan fingerprint density at radius 2 is 1.22 bits per heavy atom. The van der Waals surface area contributed by atoms with Gasteiger partial charge in [0.15, 0.2) is 0 Å². The standard InChI is InChI=1S/C21H31N3O5.C12H21NO4/c1-20(2,3)29-19(27)24-12-10-21(4,11-13-24)17(25)22-15-8-7-9-16(14-15)28-18(26)23(5)6;1-11(2,3)17-10(16)13-7-5-12(4,6-8-13)9(14)15/h7-9,14H,10-13H2,1-6H3,(H,22,25);5-8H2,1-4H3,(H,14,15). The maximum atomic E-state index is 12.9. The molecule has 0 aromatic heterocycles. The van der Waals surface area contributed by atoms with Crippen molar-refractivity contribution in [3.8, 4) is 5.75 Å². The number of piperidine rings is 2. The van der Waals surface area contributed by atoms with Crippen molar-refractivity contribution >= 4 is 35.8 Å². The molecule has 0 spiro atoms. The number of carboxylic acid groups (broad SMARTS) is 1. The number of anilines is 1. The van der Waals surface area contributed by atoms with Gasteiger partial charge >= 0.3 is 24.2 Å². The molecule has 2 aliphatic heterocycles. The molecular weight excluding hydrogens is 596 g/mol. The summed E-state index contributed by atoms with van der Waals surface area (Å²) >= 11 is 0. The van der Waals surface area contributed by atoms with E-state index in [0.717, 1.165) is 0 Å². The van der Waals surface area contributed by atoms with Crippen molar-refractivity contribution in [1.82, 2.24) is 14.7 Å². The molecule has 2 fully saturated rings. The summed E-state index contributed by atoms with van der Waals surface area (Å²) in [6.07, 6.45) is 0.819. The van der Waals surface area contributed by atoms with Gasteiger partial charge in [-0.25, -0.2) is 14.4 Å². The van der Waals surface area contributed by atoms with Crippen molar-refractivity contribution in [3.05, 3.63) is 24.3 Å². The van der Waals surface area contributed by atoms with Crippen LogP contribution in [0.1, 0.15) is 81.1 Å². The lowest BCUT2D eigenvalue weighted by Gasteiger charge is -2.38. The van der Waals surface area contributed by atoms with Gasteiger partial charge in [-0.1, -0.05) is 13.0 Å². The monoisotopic (exact) mass is 648 g/mol. The highest BCUT2D eigenvalue weighted by Gasteiger charge is 2.40. The van der Waals surface area contributed by atoms with Crippen LogP contribution in [0.15, 0.2) is 24.3 Å². The lowest BCUT2D eigenvalue weighted by atomic mass is 9.79. The Morgan fingerprint density at radius 3 is 1.61 bits per heavy atom. The van der Waals surface area contributed by atoms with E-state index in [9.17, 15) is 24.0 Å². The summed E-state index contributed by atoms with van der Waals surface area (Å²) in [5.41, 5.74) is -1.82. The second-order valence-corrected chi connectivity index (χ2v) is 14.6. The number of nitrogens with zero attached hydrogens (tertiary/aromatic N) is 3. The molecule has 3 rings (SSSR count). The number of amides is 4. The van der Waals surface area contributed by atoms with Gasteiger partial charge in [0.1, 0.15) is 17.0 Å².